The number of ether oxygens (including phenoxy) is 1. The van der Waals surface area contributed by atoms with E-state index in [2.05, 4.69) is 8.92 Å². The van der Waals surface area contributed by atoms with Crippen LogP contribution in [0.15, 0.2) is 29.2 Å². The number of carbonyl (C=O) groups excluding carboxylic acids is 1. The van der Waals surface area contributed by atoms with Crippen molar-refractivity contribution >= 4 is 21.8 Å². The summed E-state index contributed by atoms with van der Waals surface area (Å²) in [4.78, 5) is 20.6. The first-order valence-electron chi connectivity index (χ1n) is 5.03. The van der Waals surface area contributed by atoms with Gasteiger partial charge in [-0.25, -0.2) is 4.79 Å². The molecule has 0 saturated carbocycles. The molecule has 0 radical (unpaired) electrons. The minimum absolute atomic E-state index is 0.250. The summed E-state index contributed by atoms with van der Waals surface area (Å²) < 4.78 is 32.4. The number of non-ortho nitro benzene ring substituents is 1. The predicted molar refractivity (Wildman–Crippen MR) is 62.8 cm³/mol. The standard InChI is InChI=1S/C10H11NO7S/c1-7(10(12)17-2)18-19(15,16)9-5-3-8(4-6-9)11(13)14/h3-7H,1-2H3/t7-/m1/s1. The molecule has 0 N–H and O–H groups in total. The molecule has 0 saturated heterocycles. The van der Waals surface area contributed by atoms with Gasteiger partial charge in [0, 0.05) is 12.1 Å². The Balaban J connectivity index is 2.94. The van der Waals surface area contributed by atoms with Gasteiger partial charge >= 0.3 is 5.97 Å². The molecule has 1 aromatic carbocycles. The van der Waals surface area contributed by atoms with Crippen LogP contribution in [-0.4, -0.2) is 32.5 Å². The summed E-state index contributed by atoms with van der Waals surface area (Å²) in [6.07, 6.45) is -1.30. The summed E-state index contributed by atoms with van der Waals surface area (Å²) in [7, 11) is -3.08. The number of hydrogen-bond acceptors (Lipinski definition) is 7. The fourth-order valence-corrected chi connectivity index (χ4v) is 2.22. The molecule has 0 aromatic heterocycles. The Morgan fingerprint density at radius 3 is 2.26 bits per heavy atom. The number of carbonyl (C=O) groups is 1. The third kappa shape index (κ3) is 3.73. The highest BCUT2D eigenvalue weighted by Crippen LogP contribution is 2.18. The maximum absolute atomic E-state index is 11.7. The molecule has 104 valence electrons. The molecule has 0 bridgehead atoms. The monoisotopic (exact) mass is 289 g/mol. The van der Waals surface area contributed by atoms with Crippen LogP contribution in [-0.2, 0) is 23.8 Å². The number of nitro benzene ring substituents is 1. The Morgan fingerprint density at radius 1 is 1.32 bits per heavy atom. The van der Waals surface area contributed by atoms with Crippen LogP contribution in [0.25, 0.3) is 0 Å². The molecule has 9 heteroatoms. The van der Waals surface area contributed by atoms with E-state index in [9.17, 15) is 23.3 Å². The number of rotatable bonds is 5. The lowest BCUT2D eigenvalue weighted by atomic mass is 10.3. The molecule has 0 unspecified atom stereocenters. The molecule has 19 heavy (non-hydrogen) atoms. The minimum Gasteiger partial charge on any atom is -0.467 e. The van der Waals surface area contributed by atoms with E-state index in [1.807, 2.05) is 0 Å². The summed E-state index contributed by atoms with van der Waals surface area (Å²) in [6, 6.07) is 4.10. The van der Waals surface area contributed by atoms with Gasteiger partial charge in [-0.3, -0.25) is 14.3 Å². The Bertz CT molecular complexity index is 578. The molecule has 0 aliphatic rings. The summed E-state index contributed by atoms with van der Waals surface area (Å²) in [5, 5.41) is 10.4. The van der Waals surface area contributed by atoms with E-state index in [1.165, 1.54) is 6.92 Å². The van der Waals surface area contributed by atoms with Gasteiger partial charge in [-0.1, -0.05) is 0 Å². The molecule has 0 amide bonds. The third-order valence-electron chi connectivity index (χ3n) is 2.14. The Hall–Kier alpha value is -2.00. The van der Waals surface area contributed by atoms with Crippen LogP contribution >= 0.6 is 0 Å². The fourth-order valence-electron chi connectivity index (χ4n) is 1.19. The van der Waals surface area contributed by atoms with Crippen molar-refractivity contribution in [1.29, 1.82) is 0 Å². The predicted octanol–water partition coefficient (Wildman–Crippen LogP) is 0.862. The van der Waals surface area contributed by atoms with Crippen LogP contribution < -0.4 is 0 Å². The van der Waals surface area contributed by atoms with Gasteiger partial charge in [0.1, 0.15) is 0 Å². The molecule has 1 aromatic rings. The highest BCUT2D eigenvalue weighted by atomic mass is 32.2. The van der Waals surface area contributed by atoms with Crippen molar-refractivity contribution in [3.63, 3.8) is 0 Å². The van der Waals surface area contributed by atoms with Crippen molar-refractivity contribution in [2.45, 2.75) is 17.9 Å². The smallest absolute Gasteiger partial charge is 0.336 e. The maximum atomic E-state index is 11.7. The lowest BCUT2D eigenvalue weighted by molar-refractivity contribution is -0.384. The third-order valence-corrected chi connectivity index (χ3v) is 3.53. The van der Waals surface area contributed by atoms with Crippen LogP contribution in [0.1, 0.15) is 6.92 Å². The molecule has 0 heterocycles. The molecule has 1 atom stereocenters. The first-order valence-corrected chi connectivity index (χ1v) is 6.44. The number of methoxy groups -OCH3 is 1. The van der Waals surface area contributed by atoms with Gasteiger partial charge in [0.2, 0.25) is 0 Å². The number of nitrogens with zero attached hydrogens (tertiary/aromatic N) is 1. The van der Waals surface area contributed by atoms with E-state index in [-0.39, 0.29) is 10.6 Å². The molecular formula is C10H11NO7S. The molecular weight excluding hydrogens is 278 g/mol. The number of benzene rings is 1. The topological polar surface area (TPSA) is 113 Å². The Kier molecular flexibility index (Phi) is 4.57. The van der Waals surface area contributed by atoms with Gasteiger partial charge < -0.3 is 4.74 Å². The van der Waals surface area contributed by atoms with Crippen LogP contribution in [0.3, 0.4) is 0 Å². The molecule has 8 nitrogen and oxygen atoms in total. The second-order valence-electron chi connectivity index (χ2n) is 3.47. The van der Waals surface area contributed by atoms with Crippen LogP contribution in [0.4, 0.5) is 5.69 Å². The van der Waals surface area contributed by atoms with Crippen molar-refractivity contribution in [3.05, 3.63) is 34.4 Å². The van der Waals surface area contributed by atoms with Crippen molar-refractivity contribution in [3.8, 4) is 0 Å². The van der Waals surface area contributed by atoms with E-state index in [0.717, 1.165) is 31.4 Å². The zero-order chi connectivity index (χ0) is 14.6. The lowest BCUT2D eigenvalue weighted by Crippen LogP contribution is -2.25. The van der Waals surface area contributed by atoms with Crippen molar-refractivity contribution < 1.29 is 27.1 Å². The fraction of sp³-hybridized carbons (Fsp3) is 0.300. The summed E-state index contributed by atoms with van der Waals surface area (Å²) in [5.74, 6) is -0.842. The average Bonchev–Trinajstić information content (AvgIpc) is 2.37. The molecule has 0 fully saturated rings. The van der Waals surface area contributed by atoms with E-state index in [0.29, 0.717) is 0 Å². The average molecular weight is 289 g/mol. The zero-order valence-corrected chi connectivity index (χ0v) is 10.9. The minimum atomic E-state index is -4.18. The molecule has 0 aliphatic carbocycles. The van der Waals surface area contributed by atoms with Crippen molar-refractivity contribution in [2.75, 3.05) is 7.11 Å². The first kappa shape index (κ1) is 15.1. The number of nitro groups is 1. The lowest BCUT2D eigenvalue weighted by Gasteiger charge is -2.10. The maximum Gasteiger partial charge on any atom is 0.336 e. The first-order chi connectivity index (χ1) is 8.77. The Morgan fingerprint density at radius 2 is 1.84 bits per heavy atom. The molecule has 1 rings (SSSR count). The van der Waals surface area contributed by atoms with Gasteiger partial charge in [0.25, 0.3) is 15.8 Å². The van der Waals surface area contributed by atoms with E-state index < -0.39 is 27.1 Å². The molecule has 0 aliphatic heterocycles. The highest BCUT2D eigenvalue weighted by molar-refractivity contribution is 7.86. The summed E-state index contributed by atoms with van der Waals surface area (Å²) in [5.41, 5.74) is -0.250. The summed E-state index contributed by atoms with van der Waals surface area (Å²) >= 11 is 0. The van der Waals surface area contributed by atoms with Crippen molar-refractivity contribution in [2.24, 2.45) is 0 Å². The van der Waals surface area contributed by atoms with Gasteiger partial charge in [-0.05, 0) is 19.1 Å². The van der Waals surface area contributed by atoms with Gasteiger partial charge in [0.05, 0.1) is 16.9 Å². The van der Waals surface area contributed by atoms with Gasteiger partial charge in [-0.15, -0.1) is 0 Å². The van der Waals surface area contributed by atoms with Crippen LogP contribution in [0, 0.1) is 10.1 Å². The largest absolute Gasteiger partial charge is 0.467 e. The normalized spacial score (nSPS) is 12.7. The van der Waals surface area contributed by atoms with Crippen molar-refractivity contribution in [1.82, 2.24) is 0 Å². The second-order valence-corrected chi connectivity index (χ2v) is 5.04. The van der Waals surface area contributed by atoms with Gasteiger partial charge in [0.15, 0.2) is 6.10 Å². The quantitative estimate of drug-likeness (QED) is 0.342. The van der Waals surface area contributed by atoms with E-state index in [1.54, 1.807) is 0 Å². The second kappa shape index (κ2) is 5.76. The number of esters is 1. The van der Waals surface area contributed by atoms with Gasteiger partial charge in [-0.2, -0.15) is 8.42 Å². The van der Waals surface area contributed by atoms with E-state index in [4.69, 9.17) is 0 Å². The van der Waals surface area contributed by atoms with E-state index >= 15 is 0 Å². The molecule has 0 spiro atoms. The van der Waals surface area contributed by atoms with Crippen LogP contribution in [0.5, 0.6) is 0 Å². The zero-order valence-electron chi connectivity index (χ0n) is 10.1. The highest BCUT2D eigenvalue weighted by Gasteiger charge is 2.24. The number of hydrogen-bond donors (Lipinski definition) is 0. The summed E-state index contributed by atoms with van der Waals surface area (Å²) in [6.45, 7) is 1.22. The SMILES string of the molecule is COC(=O)[C@@H](C)OS(=O)(=O)c1ccc([N+](=O)[O-])cc1. The Labute approximate surface area is 109 Å². The van der Waals surface area contributed by atoms with Crippen LogP contribution in [0.2, 0.25) is 0 Å².